The summed E-state index contributed by atoms with van der Waals surface area (Å²) >= 11 is 0. The van der Waals surface area contributed by atoms with Crippen molar-refractivity contribution in [2.75, 3.05) is 0 Å². The average Bonchev–Trinajstić information content (AvgIpc) is 3.10. The van der Waals surface area contributed by atoms with Crippen LogP contribution in [-0.4, -0.2) is 35.8 Å². The van der Waals surface area contributed by atoms with Crippen molar-refractivity contribution in [1.29, 1.82) is 0 Å². The molecule has 3 rings (SSSR count). The first-order valence-electron chi connectivity index (χ1n) is 15.5. The molecule has 0 aromatic rings. The summed E-state index contributed by atoms with van der Waals surface area (Å²) in [5.41, 5.74) is 3.14. The summed E-state index contributed by atoms with van der Waals surface area (Å²) in [6.45, 7) is 27.0. The largest absolute Gasteiger partial charge is 0.408 e. The Hall–Kier alpha value is -0.683. The van der Waals surface area contributed by atoms with Crippen LogP contribution < -0.4 is 0 Å². The van der Waals surface area contributed by atoms with Gasteiger partial charge in [-0.15, -0.1) is 0 Å². The zero-order chi connectivity index (χ0) is 28.7. The Bertz CT molecular complexity index is 917. The molecule has 0 spiro atoms. The molecule has 3 fully saturated rings. The first-order chi connectivity index (χ1) is 17.3. The van der Waals surface area contributed by atoms with E-state index in [9.17, 15) is 10.2 Å². The van der Waals surface area contributed by atoms with Crippen LogP contribution in [0.2, 0.25) is 18.1 Å². The summed E-state index contributed by atoms with van der Waals surface area (Å²) in [7, 11) is -2.02. The van der Waals surface area contributed by atoms with Gasteiger partial charge in [-0.1, -0.05) is 71.8 Å². The predicted molar refractivity (Wildman–Crippen MR) is 165 cm³/mol. The Kier molecular flexibility index (Phi) is 9.47. The predicted octanol–water partition coefficient (Wildman–Crippen LogP) is 9.12. The summed E-state index contributed by atoms with van der Waals surface area (Å²) in [5.74, 6) is 2.12. The van der Waals surface area contributed by atoms with Crippen molar-refractivity contribution in [1.82, 2.24) is 0 Å². The van der Waals surface area contributed by atoms with Gasteiger partial charge >= 0.3 is 0 Å². The van der Waals surface area contributed by atoms with E-state index in [1.54, 1.807) is 5.57 Å². The van der Waals surface area contributed by atoms with E-state index in [1.807, 2.05) is 13.8 Å². The lowest BCUT2D eigenvalue weighted by Gasteiger charge is -2.48. The Balaban J connectivity index is 1.78. The van der Waals surface area contributed by atoms with E-state index in [1.165, 1.54) is 44.1 Å². The minimum Gasteiger partial charge on any atom is -0.408 e. The second-order valence-corrected chi connectivity index (χ2v) is 20.6. The van der Waals surface area contributed by atoms with Gasteiger partial charge in [0.2, 0.25) is 0 Å². The highest BCUT2D eigenvalue weighted by Crippen LogP contribution is 2.60. The van der Waals surface area contributed by atoms with Crippen molar-refractivity contribution < 1.29 is 14.6 Å². The summed E-state index contributed by atoms with van der Waals surface area (Å²) < 4.78 is 6.92. The van der Waals surface area contributed by atoms with Crippen LogP contribution in [0, 0.1) is 23.2 Å². The topological polar surface area (TPSA) is 49.7 Å². The van der Waals surface area contributed by atoms with Crippen LogP contribution in [0.4, 0.5) is 0 Å². The zero-order valence-electron chi connectivity index (χ0n) is 26.5. The van der Waals surface area contributed by atoms with Gasteiger partial charge in [0, 0.05) is 6.42 Å². The molecule has 38 heavy (non-hydrogen) atoms. The molecule has 0 amide bonds. The van der Waals surface area contributed by atoms with Gasteiger partial charge in [-0.25, -0.2) is 0 Å². The monoisotopic (exact) mass is 544 g/mol. The molecule has 218 valence electrons. The minimum absolute atomic E-state index is 0.113. The van der Waals surface area contributed by atoms with Gasteiger partial charge in [-0.05, 0) is 118 Å². The Morgan fingerprint density at radius 1 is 1.13 bits per heavy atom. The summed E-state index contributed by atoms with van der Waals surface area (Å²) in [4.78, 5) is 0. The van der Waals surface area contributed by atoms with Crippen LogP contribution in [0.15, 0.2) is 35.5 Å². The fourth-order valence-electron chi connectivity index (χ4n) is 7.83. The standard InChI is InChI=1S/C34H60O3Si/c1-24(14-12-20-32(6,7)36)29-18-19-30-26(15-13-21-33(29,30)8)16-17-27-22-28(35)23-34(9,25(27)2)37-38(10,11)31(3,4)5/h16-17,24,28-30,35-36H,2,12-15,18-23H2,1,3-11H3/t24-,28+,29?,30?,33+,34-/m0/s1. The second kappa shape index (κ2) is 11.3. The Morgan fingerprint density at radius 3 is 2.39 bits per heavy atom. The van der Waals surface area contributed by atoms with E-state index in [4.69, 9.17) is 4.43 Å². The molecule has 3 aliphatic rings. The summed E-state index contributed by atoms with van der Waals surface area (Å²) in [6, 6.07) is 0. The molecule has 0 saturated heterocycles. The van der Waals surface area contributed by atoms with E-state index in [0.717, 1.165) is 24.3 Å². The van der Waals surface area contributed by atoms with Crippen LogP contribution in [0.5, 0.6) is 0 Å². The van der Waals surface area contributed by atoms with Crippen molar-refractivity contribution in [3.8, 4) is 0 Å². The van der Waals surface area contributed by atoms with Gasteiger partial charge in [-0.2, -0.15) is 0 Å². The lowest BCUT2D eigenvalue weighted by Crippen LogP contribution is -2.52. The van der Waals surface area contributed by atoms with E-state index < -0.39 is 25.6 Å². The molecule has 0 aliphatic heterocycles. The normalized spacial score (nSPS) is 36.1. The molecule has 0 aromatic heterocycles. The molecule has 0 aromatic carbocycles. The van der Waals surface area contributed by atoms with Gasteiger partial charge in [0.05, 0.1) is 17.3 Å². The summed E-state index contributed by atoms with van der Waals surface area (Å²) in [5, 5.41) is 21.2. The molecule has 0 bridgehead atoms. The molecule has 4 heteroatoms. The maximum atomic E-state index is 10.9. The van der Waals surface area contributed by atoms with Crippen molar-refractivity contribution in [2.24, 2.45) is 23.2 Å². The molecule has 0 radical (unpaired) electrons. The Morgan fingerprint density at radius 2 is 1.79 bits per heavy atom. The van der Waals surface area contributed by atoms with E-state index in [0.29, 0.717) is 30.1 Å². The molecule has 6 atom stereocenters. The fraction of sp³-hybridized carbons (Fsp3) is 0.824. The molecule has 0 heterocycles. The molecular formula is C34H60O3Si. The van der Waals surface area contributed by atoms with Crippen molar-refractivity contribution in [3.63, 3.8) is 0 Å². The molecule has 3 saturated carbocycles. The lowest BCUT2D eigenvalue weighted by molar-refractivity contribution is 0.0288. The van der Waals surface area contributed by atoms with Crippen LogP contribution in [0.3, 0.4) is 0 Å². The first-order valence-corrected chi connectivity index (χ1v) is 18.4. The van der Waals surface area contributed by atoms with Crippen molar-refractivity contribution in [3.05, 3.63) is 35.5 Å². The number of rotatable bonds is 8. The minimum atomic E-state index is -2.02. The summed E-state index contributed by atoms with van der Waals surface area (Å²) in [6.07, 6.45) is 15.2. The van der Waals surface area contributed by atoms with Gasteiger partial charge < -0.3 is 14.6 Å². The quantitative estimate of drug-likeness (QED) is 0.300. The molecule has 3 aliphatic carbocycles. The lowest BCUT2D eigenvalue weighted by atomic mass is 9.60. The number of allylic oxidation sites excluding steroid dienone is 3. The molecule has 3 nitrogen and oxygen atoms in total. The van der Waals surface area contributed by atoms with Crippen LogP contribution in [0.25, 0.3) is 0 Å². The number of hydrogen-bond acceptors (Lipinski definition) is 3. The fourth-order valence-corrected chi connectivity index (χ4v) is 9.47. The van der Waals surface area contributed by atoms with Crippen LogP contribution in [0.1, 0.15) is 120 Å². The number of aliphatic hydroxyl groups excluding tert-OH is 1. The third-order valence-electron chi connectivity index (χ3n) is 11.1. The van der Waals surface area contributed by atoms with Gasteiger partial charge in [0.25, 0.3) is 0 Å². The van der Waals surface area contributed by atoms with Crippen LogP contribution >= 0.6 is 0 Å². The zero-order valence-corrected chi connectivity index (χ0v) is 27.5. The first kappa shape index (κ1) is 31.8. The highest BCUT2D eigenvalue weighted by Gasteiger charge is 2.51. The van der Waals surface area contributed by atoms with Gasteiger partial charge in [0.1, 0.15) is 0 Å². The van der Waals surface area contributed by atoms with Crippen LogP contribution in [-0.2, 0) is 4.43 Å². The third-order valence-corrected chi connectivity index (χ3v) is 15.6. The van der Waals surface area contributed by atoms with E-state index >= 15 is 0 Å². The van der Waals surface area contributed by atoms with E-state index in [-0.39, 0.29) is 5.04 Å². The van der Waals surface area contributed by atoms with Crippen molar-refractivity contribution in [2.45, 2.75) is 155 Å². The maximum Gasteiger partial charge on any atom is 0.193 e. The molecular weight excluding hydrogens is 484 g/mol. The third kappa shape index (κ3) is 6.96. The van der Waals surface area contributed by atoms with Crippen molar-refractivity contribution >= 4 is 8.32 Å². The Labute approximate surface area is 236 Å². The molecule has 2 N–H and O–H groups in total. The molecule has 2 unspecified atom stereocenters. The highest BCUT2D eigenvalue weighted by molar-refractivity contribution is 6.74. The highest BCUT2D eigenvalue weighted by atomic mass is 28.4. The number of hydrogen-bond donors (Lipinski definition) is 2. The van der Waals surface area contributed by atoms with Gasteiger partial charge in [-0.3, -0.25) is 0 Å². The number of aliphatic hydroxyl groups is 2. The number of fused-ring (bicyclic) bond motifs is 1. The second-order valence-electron chi connectivity index (χ2n) is 15.8. The smallest absolute Gasteiger partial charge is 0.193 e. The van der Waals surface area contributed by atoms with E-state index in [2.05, 4.69) is 73.4 Å². The van der Waals surface area contributed by atoms with Gasteiger partial charge in [0.15, 0.2) is 8.32 Å². The SMILES string of the molecule is C=C1C(=CC=C2CCC[C@@]3(C)C2CCC3[C@@H](C)CCCC(C)(C)O)C[C@@H](O)C[C@]1(C)O[Si](C)(C)C(C)(C)C. The average molecular weight is 545 g/mol. The maximum absolute atomic E-state index is 10.9.